The molecule has 0 saturated heterocycles. The van der Waals surface area contributed by atoms with Gasteiger partial charge in [-0.3, -0.25) is 18.6 Å². The Morgan fingerprint density at radius 2 is 1.02 bits per heavy atom. The second kappa shape index (κ2) is 32.0. The molecule has 0 aromatic carbocycles. The second-order valence-electron chi connectivity index (χ2n) is 12.2. The van der Waals surface area contributed by atoms with Crippen LogP contribution in [0.2, 0.25) is 0 Å². The summed E-state index contributed by atoms with van der Waals surface area (Å²) in [5.74, 6) is -0.513. The van der Waals surface area contributed by atoms with E-state index in [0.29, 0.717) is 6.42 Å². The highest BCUT2D eigenvalue weighted by atomic mass is 31.2. The van der Waals surface area contributed by atoms with Gasteiger partial charge < -0.3 is 20.1 Å². The van der Waals surface area contributed by atoms with E-state index in [9.17, 15) is 24.2 Å². The number of ether oxygens (including phenoxy) is 1. The Morgan fingerprint density at radius 3 is 1.48 bits per heavy atom. The normalized spacial score (nSPS) is 13.5. The van der Waals surface area contributed by atoms with Gasteiger partial charge >= 0.3 is 13.8 Å². The summed E-state index contributed by atoms with van der Waals surface area (Å²) in [6, 6.07) is 0. The van der Waals surface area contributed by atoms with Gasteiger partial charge in [-0.1, -0.05) is 149 Å². The number of aliphatic hydroxyl groups excluding tert-OH is 1. The molecule has 9 nitrogen and oxygen atoms in total. The number of rotatable bonds is 34. The Bertz CT molecular complexity index is 709. The number of nitrogens with one attached hydrogen (secondary N) is 1. The van der Waals surface area contributed by atoms with Crippen molar-refractivity contribution >= 4 is 19.7 Å². The van der Waals surface area contributed by atoms with E-state index in [-0.39, 0.29) is 32.1 Å². The first-order chi connectivity index (χ1) is 21.3. The average Bonchev–Trinajstić information content (AvgIpc) is 3.00. The highest BCUT2D eigenvalue weighted by Gasteiger charge is 2.23. The van der Waals surface area contributed by atoms with E-state index < -0.39 is 26.5 Å². The van der Waals surface area contributed by atoms with Crippen molar-refractivity contribution in [2.45, 2.75) is 180 Å². The first-order valence-corrected chi connectivity index (χ1v) is 19.5. The van der Waals surface area contributed by atoms with Crippen LogP contribution in [0.15, 0.2) is 0 Å². The van der Waals surface area contributed by atoms with Gasteiger partial charge in [0, 0.05) is 19.4 Å². The number of carbonyl (C=O) groups is 2. The van der Waals surface area contributed by atoms with Crippen molar-refractivity contribution in [3.8, 4) is 0 Å². The molecular weight excluding hydrogens is 581 g/mol. The molecule has 0 bridgehead atoms. The molecule has 0 saturated carbocycles. The zero-order valence-electron chi connectivity index (χ0n) is 28.4. The maximum absolute atomic E-state index is 12.0. The van der Waals surface area contributed by atoms with Crippen LogP contribution < -0.4 is 5.32 Å². The standard InChI is InChI=1S/C34H68NO8P/c1-3-5-7-9-11-13-14-15-16-17-19-21-23-25-27-34(38)41-30-32(36)31-43-44(39,40)42-29-28-35-33(37)26-24-22-20-18-12-10-8-6-4-2/h32,36H,3-31H2,1-2H3,(H,35,37)(H,39,40). The summed E-state index contributed by atoms with van der Waals surface area (Å²) in [6.45, 7) is 3.53. The van der Waals surface area contributed by atoms with Crippen molar-refractivity contribution < 1.29 is 37.9 Å². The second-order valence-corrected chi connectivity index (χ2v) is 13.7. The predicted octanol–water partition coefficient (Wildman–Crippen LogP) is 8.93. The number of aliphatic hydroxyl groups is 1. The maximum atomic E-state index is 12.0. The number of hydrogen-bond donors (Lipinski definition) is 3. The highest BCUT2D eigenvalue weighted by Crippen LogP contribution is 2.42. The van der Waals surface area contributed by atoms with E-state index in [1.54, 1.807) is 0 Å². The molecule has 262 valence electrons. The van der Waals surface area contributed by atoms with Crippen molar-refractivity contribution in [1.82, 2.24) is 5.32 Å². The SMILES string of the molecule is CCCCCCCCCCCCCCCCC(=O)OCC(O)COP(=O)(O)OCCNC(=O)CCCCCCCCCCC. The van der Waals surface area contributed by atoms with Crippen molar-refractivity contribution in [2.75, 3.05) is 26.4 Å². The summed E-state index contributed by atoms with van der Waals surface area (Å²) in [5.41, 5.74) is 0. The molecule has 0 rings (SSSR count). The summed E-state index contributed by atoms with van der Waals surface area (Å²) >= 11 is 0. The van der Waals surface area contributed by atoms with E-state index in [2.05, 4.69) is 19.2 Å². The van der Waals surface area contributed by atoms with Crippen LogP contribution in [0.25, 0.3) is 0 Å². The zero-order valence-corrected chi connectivity index (χ0v) is 29.3. The molecule has 0 radical (unpaired) electrons. The fourth-order valence-corrected chi connectivity index (χ4v) is 5.78. The molecule has 44 heavy (non-hydrogen) atoms. The molecule has 0 spiro atoms. The zero-order chi connectivity index (χ0) is 32.6. The first kappa shape index (κ1) is 43.0. The Balaban J connectivity index is 3.61. The van der Waals surface area contributed by atoms with Crippen LogP contribution in [0.4, 0.5) is 0 Å². The Morgan fingerprint density at radius 1 is 0.614 bits per heavy atom. The minimum atomic E-state index is -4.40. The molecule has 0 aromatic rings. The van der Waals surface area contributed by atoms with Crippen molar-refractivity contribution in [3.05, 3.63) is 0 Å². The first-order valence-electron chi connectivity index (χ1n) is 18.0. The highest BCUT2D eigenvalue weighted by molar-refractivity contribution is 7.47. The molecular formula is C34H68NO8P. The lowest BCUT2D eigenvalue weighted by Gasteiger charge is -2.15. The lowest BCUT2D eigenvalue weighted by atomic mass is 10.0. The molecule has 0 fully saturated rings. The number of hydrogen-bond acceptors (Lipinski definition) is 7. The van der Waals surface area contributed by atoms with Gasteiger partial charge in [0.2, 0.25) is 5.91 Å². The van der Waals surface area contributed by atoms with Crippen LogP contribution >= 0.6 is 7.82 Å². The number of esters is 1. The minimum absolute atomic E-state index is 0.0869. The lowest BCUT2D eigenvalue weighted by Crippen LogP contribution is -2.27. The van der Waals surface area contributed by atoms with Crippen LogP contribution in [-0.2, 0) is 27.9 Å². The van der Waals surface area contributed by atoms with Crippen LogP contribution in [0.1, 0.15) is 174 Å². The molecule has 1 amide bonds. The topological polar surface area (TPSA) is 131 Å². The Hall–Kier alpha value is -0.990. The van der Waals surface area contributed by atoms with Gasteiger partial charge in [-0.05, 0) is 12.8 Å². The van der Waals surface area contributed by atoms with Crippen molar-refractivity contribution in [1.29, 1.82) is 0 Å². The summed E-state index contributed by atoms with van der Waals surface area (Å²) < 4.78 is 26.7. The molecule has 0 aromatic heterocycles. The van der Waals surface area contributed by atoms with Gasteiger partial charge in [-0.25, -0.2) is 4.57 Å². The Labute approximate surface area is 269 Å². The fourth-order valence-electron chi connectivity index (χ4n) is 5.03. The summed E-state index contributed by atoms with van der Waals surface area (Å²) in [6.07, 6.45) is 27.5. The minimum Gasteiger partial charge on any atom is -0.463 e. The number of phosphoric acid groups is 1. The summed E-state index contributed by atoms with van der Waals surface area (Å²) in [4.78, 5) is 33.6. The van der Waals surface area contributed by atoms with E-state index in [4.69, 9.17) is 13.8 Å². The third kappa shape index (κ3) is 32.4. The molecule has 2 unspecified atom stereocenters. The number of unbranched alkanes of at least 4 members (excludes halogenated alkanes) is 21. The Kier molecular flexibility index (Phi) is 31.3. The summed E-state index contributed by atoms with van der Waals surface area (Å²) in [7, 11) is -4.40. The van der Waals surface area contributed by atoms with Gasteiger partial charge in [-0.15, -0.1) is 0 Å². The molecule has 3 N–H and O–H groups in total. The van der Waals surface area contributed by atoms with E-state index in [1.807, 2.05) is 0 Å². The smallest absolute Gasteiger partial charge is 0.463 e. The van der Waals surface area contributed by atoms with Crippen LogP contribution in [0.5, 0.6) is 0 Å². The molecule has 10 heteroatoms. The van der Waals surface area contributed by atoms with E-state index in [0.717, 1.165) is 38.5 Å². The van der Waals surface area contributed by atoms with Crippen molar-refractivity contribution in [3.63, 3.8) is 0 Å². The van der Waals surface area contributed by atoms with E-state index in [1.165, 1.54) is 109 Å². The van der Waals surface area contributed by atoms with Crippen LogP contribution in [0, 0.1) is 0 Å². The molecule has 0 heterocycles. The van der Waals surface area contributed by atoms with Crippen LogP contribution in [0.3, 0.4) is 0 Å². The fraction of sp³-hybridized carbons (Fsp3) is 0.941. The van der Waals surface area contributed by atoms with Crippen LogP contribution in [-0.4, -0.2) is 54.3 Å². The summed E-state index contributed by atoms with van der Waals surface area (Å²) in [5, 5.41) is 12.6. The maximum Gasteiger partial charge on any atom is 0.472 e. The molecule has 0 aliphatic carbocycles. The largest absolute Gasteiger partial charge is 0.472 e. The van der Waals surface area contributed by atoms with E-state index >= 15 is 0 Å². The predicted molar refractivity (Wildman–Crippen MR) is 178 cm³/mol. The molecule has 0 aliphatic rings. The third-order valence-electron chi connectivity index (χ3n) is 7.79. The number of amides is 1. The quantitative estimate of drug-likeness (QED) is 0.0358. The van der Waals surface area contributed by atoms with Crippen molar-refractivity contribution in [2.24, 2.45) is 0 Å². The number of phosphoric ester groups is 1. The molecule has 2 atom stereocenters. The van der Waals surface area contributed by atoms with Gasteiger partial charge in [-0.2, -0.15) is 0 Å². The number of carbonyl (C=O) groups excluding carboxylic acids is 2. The van der Waals surface area contributed by atoms with Gasteiger partial charge in [0.15, 0.2) is 0 Å². The van der Waals surface area contributed by atoms with Gasteiger partial charge in [0.1, 0.15) is 12.7 Å². The van der Waals surface area contributed by atoms with Gasteiger partial charge in [0.05, 0.1) is 13.2 Å². The van der Waals surface area contributed by atoms with Gasteiger partial charge in [0.25, 0.3) is 0 Å². The third-order valence-corrected chi connectivity index (χ3v) is 8.77. The lowest BCUT2D eigenvalue weighted by molar-refractivity contribution is -0.147. The monoisotopic (exact) mass is 649 g/mol. The average molecular weight is 650 g/mol. The molecule has 0 aliphatic heterocycles.